The molecule has 0 N–H and O–H groups in total. The third-order valence-electron chi connectivity index (χ3n) is 2.12. The van der Waals surface area contributed by atoms with Crippen LogP contribution in [0.3, 0.4) is 0 Å². The molecule has 0 saturated carbocycles. The second-order valence-corrected chi connectivity index (χ2v) is 3.33. The van der Waals surface area contributed by atoms with Crippen LogP contribution in [0.25, 0.3) is 0 Å². The zero-order valence-electron chi connectivity index (χ0n) is 9.33. The Balaban J connectivity index is 3.06. The molecule has 0 saturated heterocycles. The maximum Gasteiger partial charge on any atom is 0.325 e. The number of esters is 1. The molecule has 0 aliphatic rings. The van der Waals surface area contributed by atoms with E-state index in [2.05, 4.69) is 4.74 Å². The molecular weight excluding hydrogens is 230 g/mol. The highest BCUT2D eigenvalue weighted by Crippen LogP contribution is 2.23. The fourth-order valence-corrected chi connectivity index (χ4v) is 1.33. The van der Waals surface area contributed by atoms with Crippen molar-refractivity contribution in [3.05, 3.63) is 29.3 Å². The molecule has 1 rings (SSSR count). The molecule has 90 valence electrons. The predicted molar refractivity (Wildman–Crippen MR) is 56.4 cm³/mol. The lowest BCUT2D eigenvalue weighted by atomic mass is 10.2. The van der Waals surface area contributed by atoms with Gasteiger partial charge in [-0.25, -0.2) is 8.78 Å². The molecule has 6 heteroatoms. The Kier molecular flexibility index (Phi) is 3.99. The van der Waals surface area contributed by atoms with E-state index in [0.29, 0.717) is 0 Å². The van der Waals surface area contributed by atoms with Gasteiger partial charge in [-0.05, 0) is 12.1 Å². The van der Waals surface area contributed by atoms with Crippen LogP contribution in [0.5, 0.6) is 0 Å². The van der Waals surface area contributed by atoms with Gasteiger partial charge in [-0.3, -0.25) is 4.79 Å². The predicted octanol–water partition coefficient (Wildman–Crippen LogP) is 1.45. The summed E-state index contributed by atoms with van der Waals surface area (Å²) in [6.45, 7) is -0.282. The zero-order valence-corrected chi connectivity index (χ0v) is 9.33. The van der Waals surface area contributed by atoms with Crippen LogP contribution in [-0.2, 0) is 9.53 Å². The van der Waals surface area contributed by atoms with Gasteiger partial charge < -0.3 is 9.64 Å². The Morgan fingerprint density at radius 1 is 1.47 bits per heavy atom. The van der Waals surface area contributed by atoms with Crippen molar-refractivity contribution < 1.29 is 18.3 Å². The Hall–Kier alpha value is -2.16. The monoisotopic (exact) mass is 240 g/mol. The lowest BCUT2D eigenvalue weighted by molar-refractivity contribution is -0.138. The van der Waals surface area contributed by atoms with Crippen molar-refractivity contribution in [1.29, 1.82) is 5.26 Å². The standard InChI is InChI=1S/C11H10F2N2O2/c1-15(6-10(16)17-2)11-8(12)3-7(5-14)4-9(11)13/h3-4H,6H2,1-2H3. The smallest absolute Gasteiger partial charge is 0.325 e. The molecule has 1 aromatic rings. The summed E-state index contributed by atoms with van der Waals surface area (Å²) in [6.07, 6.45) is 0. The first kappa shape index (κ1) is 12.9. The van der Waals surface area contributed by atoms with Gasteiger partial charge in [-0.1, -0.05) is 0 Å². The third-order valence-corrected chi connectivity index (χ3v) is 2.12. The van der Waals surface area contributed by atoms with Crippen LogP contribution in [0.1, 0.15) is 5.56 Å². The van der Waals surface area contributed by atoms with Crippen LogP contribution >= 0.6 is 0 Å². The van der Waals surface area contributed by atoms with Crippen LogP contribution < -0.4 is 4.90 Å². The number of anilines is 1. The fourth-order valence-electron chi connectivity index (χ4n) is 1.33. The number of nitrogens with zero attached hydrogens (tertiary/aromatic N) is 2. The molecule has 0 bridgehead atoms. The van der Waals surface area contributed by atoms with E-state index in [1.807, 2.05) is 0 Å². The molecule has 4 nitrogen and oxygen atoms in total. The highest BCUT2D eigenvalue weighted by Gasteiger charge is 2.17. The Morgan fingerprint density at radius 2 is 2.00 bits per heavy atom. The molecule has 0 heterocycles. The van der Waals surface area contributed by atoms with Gasteiger partial charge in [0.15, 0.2) is 11.6 Å². The number of ether oxygens (including phenoxy) is 1. The largest absolute Gasteiger partial charge is 0.468 e. The van der Waals surface area contributed by atoms with Gasteiger partial charge in [0.25, 0.3) is 0 Å². The van der Waals surface area contributed by atoms with E-state index in [1.165, 1.54) is 14.2 Å². The number of hydrogen-bond donors (Lipinski definition) is 0. The molecule has 1 aromatic carbocycles. The van der Waals surface area contributed by atoms with Crippen molar-refractivity contribution in [3.8, 4) is 6.07 Å². The van der Waals surface area contributed by atoms with Gasteiger partial charge in [0, 0.05) is 7.05 Å². The Morgan fingerprint density at radius 3 is 2.41 bits per heavy atom. The number of benzene rings is 1. The van der Waals surface area contributed by atoms with E-state index in [0.717, 1.165) is 17.0 Å². The van der Waals surface area contributed by atoms with Gasteiger partial charge in [0.1, 0.15) is 12.2 Å². The molecule has 0 aliphatic heterocycles. The number of carbonyl (C=O) groups is 1. The summed E-state index contributed by atoms with van der Waals surface area (Å²) >= 11 is 0. The number of rotatable bonds is 3. The first-order valence-electron chi connectivity index (χ1n) is 4.66. The van der Waals surface area contributed by atoms with Crippen molar-refractivity contribution in [1.82, 2.24) is 0 Å². The summed E-state index contributed by atoms with van der Waals surface area (Å²) in [5.74, 6) is -2.41. The van der Waals surface area contributed by atoms with E-state index in [1.54, 1.807) is 6.07 Å². The normalized spacial score (nSPS) is 9.59. The number of likely N-dealkylation sites (N-methyl/N-ethyl adjacent to an activating group) is 1. The highest BCUT2D eigenvalue weighted by atomic mass is 19.1. The second kappa shape index (κ2) is 5.25. The van der Waals surface area contributed by atoms with Gasteiger partial charge in [0.2, 0.25) is 0 Å². The molecule has 0 fully saturated rings. The lowest BCUT2D eigenvalue weighted by Crippen LogP contribution is -2.28. The molecular formula is C11H10F2N2O2. The SMILES string of the molecule is COC(=O)CN(C)c1c(F)cc(C#N)cc1F. The minimum Gasteiger partial charge on any atom is -0.468 e. The third kappa shape index (κ3) is 2.91. The number of halogens is 2. The highest BCUT2D eigenvalue weighted by molar-refractivity contribution is 5.75. The van der Waals surface area contributed by atoms with E-state index >= 15 is 0 Å². The molecule has 17 heavy (non-hydrogen) atoms. The van der Waals surface area contributed by atoms with Crippen LogP contribution in [0.15, 0.2) is 12.1 Å². The quantitative estimate of drug-likeness (QED) is 0.750. The maximum atomic E-state index is 13.5. The summed E-state index contributed by atoms with van der Waals surface area (Å²) in [5.41, 5.74) is -0.482. The first-order valence-corrected chi connectivity index (χ1v) is 4.66. The molecule has 0 unspecified atom stereocenters. The second-order valence-electron chi connectivity index (χ2n) is 3.33. The van der Waals surface area contributed by atoms with E-state index in [-0.39, 0.29) is 17.8 Å². The molecule has 0 spiro atoms. The summed E-state index contributed by atoms with van der Waals surface area (Å²) in [6, 6.07) is 3.45. The van der Waals surface area contributed by atoms with Crippen molar-refractivity contribution in [2.75, 3.05) is 25.6 Å². The molecule has 0 radical (unpaired) electrons. The first-order chi connectivity index (χ1) is 7.99. The molecule has 0 aromatic heterocycles. The lowest BCUT2D eigenvalue weighted by Gasteiger charge is -2.19. The molecule has 0 aliphatic carbocycles. The molecule has 0 atom stereocenters. The summed E-state index contributed by atoms with van der Waals surface area (Å²) in [7, 11) is 2.53. The number of nitriles is 1. The summed E-state index contributed by atoms with van der Waals surface area (Å²) in [5, 5.41) is 8.53. The van der Waals surface area contributed by atoms with Crippen molar-refractivity contribution in [3.63, 3.8) is 0 Å². The van der Waals surface area contributed by atoms with Crippen LogP contribution in [0.2, 0.25) is 0 Å². The fraction of sp³-hybridized carbons (Fsp3) is 0.273. The van der Waals surface area contributed by atoms with Crippen LogP contribution in [0.4, 0.5) is 14.5 Å². The van der Waals surface area contributed by atoms with Crippen molar-refractivity contribution in [2.24, 2.45) is 0 Å². The van der Waals surface area contributed by atoms with Crippen molar-refractivity contribution >= 4 is 11.7 Å². The number of methoxy groups -OCH3 is 1. The minimum absolute atomic E-state index is 0.116. The van der Waals surface area contributed by atoms with Crippen LogP contribution in [0, 0.1) is 23.0 Å². The van der Waals surface area contributed by atoms with E-state index < -0.39 is 17.6 Å². The Labute approximate surface area is 97.0 Å². The van der Waals surface area contributed by atoms with Crippen LogP contribution in [-0.4, -0.2) is 26.7 Å². The topological polar surface area (TPSA) is 53.3 Å². The van der Waals surface area contributed by atoms with Gasteiger partial charge in [-0.2, -0.15) is 5.26 Å². The minimum atomic E-state index is -0.895. The number of hydrogen-bond acceptors (Lipinski definition) is 4. The zero-order chi connectivity index (χ0) is 13.0. The number of carbonyl (C=O) groups excluding carboxylic acids is 1. The average Bonchev–Trinajstić information content (AvgIpc) is 2.27. The average molecular weight is 240 g/mol. The van der Waals surface area contributed by atoms with Crippen molar-refractivity contribution in [2.45, 2.75) is 0 Å². The maximum absolute atomic E-state index is 13.5. The molecule has 0 amide bonds. The van der Waals surface area contributed by atoms with Gasteiger partial charge >= 0.3 is 5.97 Å². The van der Waals surface area contributed by atoms with E-state index in [9.17, 15) is 13.6 Å². The van der Waals surface area contributed by atoms with Gasteiger partial charge in [-0.15, -0.1) is 0 Å². The Bertz CT molecular complexity index is 460. The van der Waals surface area contributed by atoms with E-state index in [4.69, 9.17) is 5.26 Å². The summed E-state index contributed by atoms with van der Waals surface area (Å²) < 4.78 is 31.4. The summed E-state index contributed by atoms with van der Waals surface area (Å²) in [4.78, 5) is 12.1. The van der Waals surface area contributed by atoms with Gasteiger partial charge in [0.05, 0.1) is 18.7 Å².